The van der Waals surface area contributed by atoms with E-state index < -0.39 is 0 Å². The fourth-order valence-corrected chi connectivity index (χ4v) is 1.04. The molecule has 0 fully saturated rings. The molecule has 1 rings (SSSR count). The van der Waals surface area contributed by atoms with Crippen LogP contribution in [0.15, 0.2) is 22.8 Å². The van der Waals surface area contributed by atoms with Crippen molar-refractivity contribution in [2.24, 2.45) is 0 Å². The van der Waals surface area contributed by atoms with Crippen LogP contribution in [-0.4, -0.2) is 18.4 Å². The summed E-state index contributed by atoms with van der Waals surface area (Å²) in [6.07, 6.45) is 1.83. The number of carbonyl (C=O) groups excluding carboxylic acids is 2. The van der Waals surface area contributed by atoms with E-state index >= 15 is 0 Å². The first-order valence-corrected chi connectivity index (χ1v) is 4.72. The maximum absolute atomic E-state index is 11.2. The van der Waals surface area contributed by atoms with E-state index in [9.17, 15) is 9.59 Å². The summed E-state index contributed by atoms with van der Waals surface area (Å²) in [6.45, 7) is 2.16. The van der Waals surface area contributed by atoms with Gasteiger partial charge in [-0.15, -0.1) is 0 Å². The monoisotopic (exact) mass is 210 g/mol. The van der Waals surface area contributed by atoms with Gasteiger partial charge in [0.2, 0.25) is 11.8 Å². The third-order valence-electron chi connectivity index (χ3n) is 1.77. The second-order valence-corrected chi connectivity index (χ2v) is 3.09. The van der Waals surface area contributed by atoms with Crippen molar-refractivity contribution >= 4 is 11.8 Å². The second-order valence-electron chi connectivity index (χ2n) is 3.09. The van der Waals surface area contributed by atoms with Crippen molar-refractivity contribution in [2.75, 3.05) is 6.54 Å². The molecule has 1 heterocycles. The van der Waals surface area contributed by atoms with Gasteiger partial charge in [0.15, 0.2) is 0 Å². The molecule has 2 amide bonds. The highest BCUT2D eigenvalue weighted by molar-refractivity contribution is 5.77. The Labute approximate surface area is 87.8 Å². The molecule has 0 saturated carbocycles. The van der Waals surface area contributed by atoms with Gasteiger partial charge in [0, 0.05) is 19.9 Å². The van der Waals surface area contributed by atoms with E-state index in [1.54, 1.807) is 18.4 Å². The Kier molecular flexibility index (Phi) is 4.40. The number of amides is 2. The third kappa shape index (κ3) is 4.85. The molecule has 5 heteroatoms. The van der Waals surface area contributed by atoms with E-state index in [2.05, 4.69) is 10.6 Å². The first-order chi connectivity index (χ1) is 7.18. The molecule has 82 valence electrons. The number of hydrogen-bond donors (Lipinski definition) is 2. The van der Waals surface area contributed by atoms with Crippen molar-refractivity contribution in [3.63, 3.8) is 0 Å². The van der Waals surface area contributed by atoms with Crippen molar-refractivity contribution in [3.8, 4) is 0 Å². The number of hydrogen-bond acceptors (Lipinski definition) is 3. The minimum absolute atomic E-state index is 0.111. The number of nitrogens with one attached hydrogen (secondary N) is 2. The quantitative estimate of drug-likeness (QED) is 0.740. The Morgan fingerprint density at radius 1 is 1.40 bits per heavy atom. The van der Waals surface area contributed by atoms with Crippen LogP contribution in [0.3, 0.4) is 0 Å². The van der Waals surface area contributed by atoms with Crippen LogP contribution in [0.5, 0.6) is 0 Å². The molecular weight excluding hydrogens is 196 g/mol. The second kappa shape index (κ2) is 5.85. The maximum atomic E-state index is 11.2. The first kappa shape index (κ1) is 11.3. The van der Waals surface area contributed by atoms with Crippen LogP contribution >= 0.6 is 0 Å². The largest absolute Gasteiger partial charge is 0.467 e. The molecule has 5 nitrogen and oxygen atoms in total. The molecule has 0 aliphatic heterocycles. The van der Waals surface area contributed by atoms with Gasteiger partial charge >= 0.3 is 0 Å². The van der Waals surface area contributed by atoms with E-state index in [0.717, 1.165) is 0 Å². The molecule has 2 N–H and O–H groups in total. The molecule has 0 atom stereocenters. The topological polar surface area (TPSA) is 71.3 Å². The fourth-order valence-electron chi connectivity index (χ4n) is 1.04. The highest BCUT2D eigenvalue weighted by atomic mass is 16.3. The lowest BCUT2D eigenvalue weighted by Crippen LogP contribution is -2.29. The zero-order chi connectivity index (χ0) is 11.1. The predicted octanol–water partition coefficient (Wildman–Crippen LogP) is 0.422. The molecule has 0 aliphatic rings. The van der Waals surface area contributed by atoms with Crippen molar-refractivity contribution in [3.05, 3.63) is 24.2 Å². The SMILES string of the molecule is CC(=O)NCCC(=O)NCc1ccco1. The molecule has 15 heavy (non-hydrogen) atoms. The van der Waals surface area contributed by atoms with Crippen LogP contribution in [0, 0.1) is 0 Å². The smallest absolute Gasteiger partial charge is 0.222 e. The predicted molar refractivity (Wildman–Crippen MR) is 53.9 cm³/mol. The van der Waals surface area contributed by atoms with Gasteiger partial charge in [-0.25, -0.2) is 0 Å². The summed E-state index contributed by atoms with van der Waals surface area (Å²) in [7, 11) is 0. The zero-order valence-corrected chi connectivity index (χ0v) is 8.58. The minimum atomic E-state index is -0.131. The molecule has 0 unspecified atom stereocenters. The maximum Gasteiger partial charge on any atom is 0.222 e. The summed E-state index contributed by atoms with van der Waals surface area (Å²) in [6, 6.07) is 3.55. The Morgan fingerprint density at radius 2 is 2.20 bits per heavy atom. The van der Waals surface area contributed by atoms with Gasteiger partial charge in [0.25, 0.3) is 0 Å². The van der Waals surface area contributed by atoms with Gasteiger partial charge < -0.3 is 15.1 Å². The summed E-state index contributed by atoms with van der Waals surface area (Å²) in [5, 5.41) is 5.22. The lowest BCUT2D eigenvalue weighted by molar-refractivity contribution is -0.121. The number of furan rings is 1. The van der Waals surface area contributed by atoms with Crippen LogP contribution < -0.4 is 10.6 Å². The van der Waals surface area contributed by atoms with Crippen LogP contribution in [0.2, 0.25) is 0 Å². The lowest BCUT2D eigenvalue weighted by Gasteiger charge is -2.03. The van der Waals surface area contributed by atoms with Crippen molar-refractivity contribution in [1.82, 2.24) is 10.6 Å². The van der Waals surface area contributed by atoms with Gasteiger partial charge in [-0.05, 0) is 12.1 Å². The van der Waals surface area contributed by atoms with Gasteiger partial charge in [-0.1, -0.05) is 0 Å². The molecule has 1 aromatic heterocycles. The number of carbonyl (C=O) groups is 2. The van der Waals surface area contributed by atoms with E-state index in [-0.39, 0.29) is 18.2 Å². The van der Waals surface area contributed by atoms with Crippen molar-refractivity contribution < 1.29 is 14.0 Å². The zero-order valence-electron chi connectivity index (χ0n) is 8.58. The van der Waals surface area contributed by atoms with E-state index in [1.807, 2.05) is 0 Å². The summed E-state index contributed by atoms with van der Waals surface area (Å²) in [4.78, 5) is 21.7. The Morgan fingerprint density at radius 3 is 2.80 bits per heavy atom. The van der Waals surface area contributed by atoms with Gasteiger partial charge in [0.05, 0.1) is 12.8 Å². The normalized spacial score (nSPS) is 9.67. The van der Waals surface area contributed by atoms with Gasteiger partial charge in [0.1, 0.15) is 5.76 Å². The van der Waals surface area contributed by atoms with Crippen LogP contribution in [0.1, 0.15) is 19.1 Å². The van der Waals surface area contributed by atoms with E-state index in [4.69, 9.17) is 4.42 Å². The summed E-state index contributed by atoms with van der Waals surface area (Å²) >= 11 is 0. The molecule has 0 aliphatic carbocycles. The first-order valence-electron chi connectivity index (χ1n) is 4.72. The molecule has 0 saturated heterocycles. The van der Waals surface area contributed by atoms with Crippen molar-refractivity contribution in [1.29, 1.82) is 0 Å². The molecule has 0 radical (unpaired) electrons. The summed E-state index contributed by atoms with van der Waals surface area (Å²) in [5.41, 5.74) is 0. The Hall–Kier alpha value is -1.78. The van der Waals surface area contributed by atoms with Crippen molar-refractivity contribution in [2.45, 2.75) is 19.9 Å². The minimum Gasteiger partial charge on any atom is -0.467 e. The molecule has 0 bridgehead atoms. The molecular formula is C10H14N2O3. The molecule has 0 spiro atoms. The average molecular weight is 210 g/mol. The van der Waals surface area contributed by atoms with Crippen LogP contribution in [-0.2, 0) is 16.1 Å². The Balaban J connectivity index is 2.11. The van der Waals surface area contributed by atoms with E-state index in [1.165, 1.54) is 6.92 Å². The summed E-state index contributed by atoms with van der Waals surface area (Å²) < 4.78 is 5.04. The third-order valence-corrected chi connectivity index (χ3v) is 1.77. The van der Waals surface area contributed by atoms with Crippen LogP contribution in [0.25, 0.3) is 0 Å². The van der Waals surface area contributed by atoms with E-state index in [0.29, 0.717) is 18.8 Å². The standard InChI is InChI=1S/C10H14N2O3/c1-8(13)11-5-4-10(14)12-7-9-3-2-6-15-9/h2-3,6H,4-5,7H2,1H3,(H,11,13)(H,12,14). The highest BCUT2D eigenvalue weighted by Gasteiger charge is 2.02. The number of rotatable bonds is 5. The fraction of sp³-hybridized carbons (Fsp3) is 0.400. The van der Waals surface area contributed by atoms with Gasteiger partial charge in [-0.2, -0.15) is 0 Å². The Bertz CT molecular complexity index is 319. The average Bonchev–Trinajstić information content (AvgIpc) is 2.66. The molecule has 0 aromatic carbocycles. The highest BCUT2D eigenvalue weighted by Crippen LogP contribution is 1.98. The summed E-state index contributed by atoms with van der Waals surface area (Å²) in [5.74, 6) is 0.469. The molecule has 1 aromatic rings. The van der Waals surface area contributed by atoms with Crippen LogP contribution in [0.4, 0.5) is 0 Å². The lowest BCUT2D eigenvalue weighted by atomic mass is 10.3. The van der Waals surface area contributed by atoms with Gasteiger partial charge in [-0.3, -0.25) is 9.59 Å².